The standard InChI is InChI=1S/C16H13NO/c1-2-16(18)13-7-4-3-6-12(13)9-10-15-14(16)8-5-11-17-15/h1,3-8,11,18H,9-10H2/t16-/m0/s1. The number of hydrogen-bond acceptors (Lipinski definition) is 2. The van der Waals surface area contributed by atoms with E-state index in [9.17, 15) is 5.11 Å². The average molecular weight is 235 g/mol. The van der Waals surface area contributed by atoms with Crippen LogP contribution < -0.4 is 0 Å². The molecule has 0 unspecified atom stereocenters. The lowest BCUT2D eigenvalue weighted by atomic mass is 9.85. The highest BCUT2D eigenvalue weighted by molar-refractivity contribution is 5.50. The van der Waals surface area contributed by atoms with Crippen LogP contribution in [0.2, 0.25) is 0 Å². The number of rotatable bonds is 0. The monoisotopic (exact) mass is 235 g/mol. The van der Waals surface area contributed by atoms with Gasteiger partial charge in [0.05, 0.1) is 0 Å². The molecule has 1 N–H and O–H groups in total. The zero-order valence-corrected chi connectivity index (χ0v) is 9.93. The molecule has 1 aromatic carbocycles. The van der Waals surface area contributed by atoms with E-state index < -0.39 is 5.60 Å². The summed E-state index contributed by atoms with van der Waals surface area (Å²) in [5.74, 6) is 2.55. The summed E-state index contributed by atoms with van der Waals surface area (Å²) in [5.41, 5.74) is 2.15. The molecule has 0 bridgehead atoms. The minimum atomic E-state index is -1.36. The summed E-state index contributed by atoms with van der Waals surface area (Å²) < 4.78 is 0. The van der Waals surface area contributed by atoms with Crippen molar-refractivity contribution in [1.82, 2.24) is 4.98 Å². The molecule has 2 nitrogen and oxygen atoms in total. The normalized spacial score (nSPS) is 21.3. The Hall–Kier alpha value is -2.11. The van der Waals surface area contributed by atoms with Gasteiger partial charge in [-0.3, -0.25) is 4.98 Å². The SMILES string of the molecule is C#C[C@]1(O)c2ccccc2CCc2ncccc21. The van der Waals surface area contributed by atoms with Gasteiger partial charge >= 0.3 is 0 Å². The van der Waals surface area contributed by atoms with E-state index in [-0.39, 0.29) is 0 Å². The fourth-order valence-electron chi connectivity index (χ4n) is 2.61. The molecular formula is C16H13NO. The second-order valence-corrected chi connectivity index (χ2v) is 4.51. The number of nitrogens with zero attached hydrogens (tertiary/aromatic N) is 1. The Kier molecular flexibility index (Phi) is 2.43. The maximum absolute atomic E-state index is 10.9. The van der Waals surface area contributed by atoms with Gasteiger partial charge < -0.3 is 5.11 Å². The van der Waals surface area contributed by atoms with Crippen molar-refractivity contribution < 1.29 is 5.11 Å². The molecule has 0 aliphatic heterocycles. The zero-order chi connectivity index (χ0) is 12.6. The number of fused-ring (bicyclic) bond motifs is 2. The van der Waals surface area contributed by atoms with Crippen molar-refractivity contribution in [3.63, 3.8) is 0 Å². The van der Waals surface area contributed by atoms with Crippen LogP contribution >= 0.6 is 0 Å². The van der Waals surface area contributed by atoms with Crippen LogP contribution in [0.4, 0.5) is 0 Å². The molecule has 18 heavy (non-hydrogen) atoms. The van der Waals surface area contributed by atoms with E-state index in [4.69, 9.17) is 6.42 Å². The van der Waals surface area contributed by atoms with E-state index in [1.807, 2.05) is 36.4 Å². The van der Waals surface area contributed by atoms with Gasteiger partial charge in [-0.05, 0) is 24.5 Å². The molecule has 2 heteroatoms. The first-order valence-corrected chi connectivity index (χ1v) is 5.98. The van der Waals surface area contributed by atoms with Crippen molar-refractivity contribution in [3.05, 3.63) is 65.0 Å². The lowest BCUT2D eigenvalue weighted by Crippen LogP contribution is -2.26. The molecule has 0 radical (unpaired) electrons. The predicted octanol–water partition coefficient (Wildman–Crippen LogP) is 2.05. The molecule has 0 saturated carbocycles. The molecule has 1 aliphatic carbocycles. The quantitative estimate of drug-likeness (QED) is 0.709. The maximum Gasteiger partial charge on any atom is 0.178 e. The average Bonchev–Trinajstić information content (AvgIpc) is 2.56. The molecule has 0 saturated heterocycles. The van der Waals surface area contributed by atoms with E-state index in [0.29, 0.717) is 0 Å². The van der Waals surface area contributed by atoms with Crippen molar-refractivity contribution in [2.24, 2.45) is 0 Å². The van der Waals surface area contributed by atoms with Gasteiger partial charge in [-0.2, -0.15) is 0 Å². The first kappa shape index (κ1) is 11.0. The summed E-state index contributed by atoms with van der Waals surface area (Å²) in [4.78, 5) is 4.35. The second-order valence-electron chi connectivity index (χ2n) is 4.51. The van der Waals surface area contributed by atoms with Crippen LogP contribution in [0.25, 0.3) is 0 Å². The Morgan fingerprint density at radius 1 is 1.11 bits per heavy atom. The Labute approximate surface area is 106 Å². The van der Waals surface area contributed by atoms with E-state index in [1.165, 1.54) is 0 Å². The van der Waals surface area contributed by atoms with Gasteiger partial charge in [0, 0.05) is 23.0 Å². The van der Waals surface area contributed by atoms with E-state index in [0.717, 1.165) is 35.2 Å². The summed E-state index contributed by atoms with van der Waals surface area (Å²) in [7, 11) is 0. The highest BCUT2D eigenvalue weighted by atomic mass is 16.3. The molecule has 0 amide bonds. The van der Waals surface area contributed by atoms with Crippen molar-refractivity contribution in [1.29, 1.82) is 0 Å². The fourth-order valence-corrected chi connectivity index (χ4v) is 2.61. The Bertz CT molecular complexity index is 592. The van der Waals surface area contributed by atoms with E-state index >= 15 is 0 Å². The van der Waals surface area contributed by atoms with Crippen LogP contribution in [0.5, 0.6) is 0 Å². The zero-order valence-electron chi connectivity index (χ0n) is 9.93. The van der Waals surface area contributed by atoms with Crippen molar-refractivity contribution in [2.45, 2.75) is 18.4 Å². The number of aliphatic hydroxyl groups is 1. The predicted molar refractivity (Wildman–Crippen MR) is 69.9 cm³/mol. The van der Waals surface area contributed by atoms with E-state index in [2.05, 4.69) is 10.9 Å². The Morgan fingerprint density at radius 2 is 1.89 bits per heavy atom. The third-order valence-corrected chi connectivity index (χ3v) is 3.53. The van der Waals surface area contributed by atoms with Crippen molar-refractivity contribution in [3.8, 4) is 12.3 Å². The van der Waals surface area contributed by atoms with Crippen molar-refractivity contribution in [2.75, 3.05) is 0 Å². The third kappa shape index (κ3) is 1.45. The first-order valence-electron chi connectivity index (χ1n) is 5.98. The van der Waals surface area contributed by atoms with Crippen LogP contribution in [0.15, 0.2) is 42.6 Å². The number of pyridine rings is 1. The lowest BCUT2D eigenvalue weighted by molar-refractivity contribution is 0.144. The number of hydrogen-bond donors (Lipinski definition) is 1. The first-order chi connectivity index (χ1) is 8.75. The van der Waals surface area contributed by atoms with E-state index in [1.54, 1.807) is 6.20 Å². The van der Waals surface area contributed by atoms with Gasteiger partial charge in [0.2, 0.25) is 0 Å². The van der Waals surface area contributed by atoms with Crippen LogP contribution in [0.3, 0.4) is 0 Å². The Morgan fingerprint density at radius 3 is 2.72 bits per heavy atom. The summed E-state index contributed by atoms with van der Waals surface area (Å²) in [6.45, 7) is 0. The van der Waals surface area contributed by atoms with Gasteiger partial charge in [0.25, 0.3) is 0 Å². The molecular weight excluding hydrogens is 222 g/mol. The topological polar surface area (TPSA) is 33.1 Å². The molecule has 2 aromatic rings. The molecule has 88 valence electrons. The summed E-state index contributed by atoms with van der Waals surface area (Å²) in [6, 6.07) is 11.5. The molecule has 1 heterocycles. The van der Waals surface area contributed by atoms with Gasteiger partial charge in [-0.25, -0.2) is 0 Å². The smallest absolute Gasteiger partial charge is 0.178 e. The largest absolute Gasteiger partial charge is 0.369 e. The Balaban J connectivity index is 2.33. The molecule has 1 aromatic heterocycles. The number of aryl methyl sites for hydroxylation is 2. The number of terminal acetylenes is 1. The highest BCUT2D eigenvalue weighted by Gasteiger charge is 2.35. The van der Waals surface area contributed by atoms with Crippen molar-refractivity contribution >= 4 is 0 Å². The number of aromatic nitrogens is 1. The number of benzene rings is 1. The molecule has 1 atom stereocenters. The molecule has 1 aliphatic rings. The minimum absolute atomic E-state index is 0.734. The van der Waals surface area contributed by atoms with Gasteiger partial charge in [0.1, 0.15) is 0 Å². The van der Waals surface area contributed by atoms with Crippen LogP contribution in [-0.4, -0.2) is 10.1 Å². The van der Waals surface area contributed by atoms with Crippen LogP contribution in [-0.2, 0) is 18.4 Å². The molecule has 0 spiro atoms. The van der Waals surface area contributed by atoms with Gasteiger partial charge in [0.15, 0.2) is 5.60 Å². The fraction of sp³-hybridized carbons (Fsp3) is 0.188. The molecule has 0 fully saturated rings. The second kappa shape index (κ2) is 3.97. The summed E-state index contributed by atoms with van der Waals surface area (Å²) in [6.07, 6.45) is 9.00. The highest BCUT2D eigenvalue weighted by Crippen LogP contribution is 2.36. The van der Waals surface area contributed by atoms with Gasteiger partial charge in [-0.1, -0.05) is 36.3 Å². The summed E-state index contributed by atoms with van der Waals surface area (Å²) >= 11 is 0. The van der Waals surface area contributed by atoms with Crippen LogP contribution in [0.1, 0.15) is 22.4 Å². The minimum Gasteiger partial charge on any atom is -0.369 e. The summed E-state index contributed by atoms with van der Waals surface area (Å²) in [5, 5.41) is 10.9. The van der Waals surface area contributed by atoms with Gasteiger partial charge in [-0.15, -0.1) is 6.42 Å². The third-order valence-electron chi connectivity index (χ3n) is 3.53. The molecule has 3 rings (SSSR count). The maximum atomic E-state index is 10.9. The lowest BCUT2D eigenvalue weighted by Gasteiger charge is -2.24. The van der Waals surface area contributed by atoms with Crippen LogP contribution in [0, 0.1) is 12.3 Å².